The van der Waals surface area contributed by atoms with Gasteiger partial charge in [0.2, 0.25) is 5.60 Å². The molecule has 4 heteroatoms. The number of ketones is 1. The van der Waals surface area contributed by atoms with Crippen molar-refractivity contribution < 1.29 is 19.4 Å². The van der Waals surface area contributed by atoms with Gasteiger partial charge in [-0.3, -0.25) is 4.79 Å². The van der Waals surface area contributed by atoms with Crippen LogP contribution in [0.15, 0.2) is 0 Å². The Bertz CT molecular complexity index is 171. The first-order chi connectivity index (χ1) is 5.51. The Morgan fingerprint density at radius 3 is 2.00 bits per heavy atom. The molecular weight excluding hydrogens is 160 g/mol. The minimum absolute atomic E-state index is 0.158. The van der Waals surface area contributed by atoms with Crippen LogP contribution in [0, 0.1) is 0 Å². The highest BCUT2D eigenvalue weighted by molar-refractivity contribution is 6.05. The van der Waals surface area contributed by atoms with Crippen LogP contribution < -0.4 is 0 Å². The van der Waals surface area contributed by atoms with Crippen LogP contribution in [0.1, 0.15) is 27.2 Å². The largest absolute Gasteiger partial charge is 0.479 e. The SMILES string of the molecule is CCOC(CC)(C(C)=O)C(=O)O. The molecular formula is C8H14O4. The van der Waals surface area contributed by atoms with E-state index in [-0.39, 0.29) is 13.0 Å². The maximum Gasteiger partial charge on any atom is 0.343 e. The predicted octanol–water partition coefficient (Wildman–Crippen LogP) is 0.845. The fraction of sp³-hybridized carbons (Fsp3) is 0.750. The summed E-state index contributed by atoms with van der Waals surface area (Å²) >= 11 is 0. The first kappa shape index (κ1) is 11.1. The first-order valence-corrected chi connectivity index (χ1v) is 3.89. The summed E-state index contributed by atoms with van der Waals surface area (Å²) in [6.07, 6.45) is 0.158. The zero-order valence-electron chi connectivity index (χ0n) is 7.59. The second-order valence-electron chi connectivity index (χ2n) is 2.47. The average molecular weight is 174 g/mol. The lowest BCUT2D eigenvalue weighted by molar-refractivity contribution is -0.171. The fourth-order valence-corrected chi connectivity index (χ4v) is 1.06. The molecule has 0 aromatic rings. The Kier molecular flexibility index (Phi) is 3.89. The summed E-state index contributed by atoms with van der Waals surface area (Å²) in [4.78, 5) is 21.8. The van der Waals surface area contributed by atoms with Crippen molar-refractivity contribution in [2.75, 3.05) is 6.61 Å². The van der Waals surface area contributed by atoms with Crippen molar-refractivity contribution in [1.29, 1.82) is 0 Å². The Labute approximate surface area is 71.5 Å². The fourth-order valence-electron chi connectivity index (χ4n) is 1.06. The molecule has 0 aliphatic heterocycles. The Hall–Kier alpha value is -0.900. The van der Waals surface area contributed by atoms with Crippen molar-refractivity contribution in [3.05, 3.63) is 0 Å². The molecule has 70 valence electrons. The van der Waals surface area contributed by atoms with E-state index >= 15 is 0 Å². The first-order valence-electron chi connectivity index (χ1n) is 3.89. The van der Waals surface area contributed by atoms with Crippen molar-refractivity contribution in [3.8, 4) is 0 Å². The van der Waals surface area contributed by atoms with Crippen LogP contribution in [0.3, 0.4) is 0 Å². The zero-order valence-corrected chi connectivity index (χ0v) is 7.59. The van der Waals surface area contributed by atoms with Gasteiger partial charge in [0.05, 0.1) is 0 Å². The maximum atomic E-state index is 11.0. The molecule has 0 aliphatic rings. The molecule has 0 fully saturated rings. The van der Waals surface area contributed by atoms with Gasteiger partial charge in [-0.05, 0) is 20.3 Å². The van der Waals surface area contributed by atoms with Gasteiger partial charge in [-0.25, -0.2) is 4.79 Å². The molecule has 0 saturated heterocycles. The van der Waals surface area contributed by atoms with Crippen LogP contribution in [-0.2, 0) is 14.3 Å². The van der Waals surface area contributed by atoms with E-state index in [2.05, 4.69) is 0 Å². The van der Waals surface area contributed by atoms with Gasteiger partial charge in [-0.1, -0.05) is 6.92 Å². The van der Waals surface area contributed by atoms with Crippen molar-refractivity contribution in [2.24, 2.45) is 0 Å². The third kappa shape index (κ3) is 1.82. The number of carboxylic acids is 1. The Morgan fingerprint density at radius 1 is 1.42 bits per heavy atom. The number of aliphatic carboxylic acids is 1. The lowest BCUT2D eigenvalue weighted by Crippen LogP contribution is -2.47. The van der Waals surface area contributed by atoms with Crippen LogP contribution in [0.5, 0.6) is 0 Å². The Morgan fingerprint density at radius 2 is 1.92 bits per heavy atom. The van der Waals surface area contributed by atoms with E-state index in [0.717, 1.165) is 0 Å². The van der Waals surface area contributed by atoms with E-state index in [9.17, 15) is 9.59 Å². The highest BCUT2D eigenvalue weighted by atomic mass is 16.5. The summed E-state index contributed by atoms with van der Waals surface area (Å²) < 4.78 is 4.95. The number of carbonyl (C=O) groups excluding carboxylic acids is 1. The molecule has 0 aromatic carbocycles. The minimum Gasteiger partial charge on any atom is -0.479 e. The van der Waals surface area contributed by atoms with E-state index in [1.165, 1.54) is 6.92 Å². The predicted molar refractivity (Wildman–Crippen MR) is 43.0 cm³/mol. The number of carboxylic acid groups (broad SMARTS) is 1. The molecule has 0 spiro atoms. The lowest BCUT2D eigenvalue weighted by atomic mass is 9.96. The van der Waals surface area contributed by atoms with Gasteiger partial charge >= 0.3 is 5.97 Å². The van der Waals surface area contributed by atoms with Crippen LogP contribution in [0.4, 0.5) is 0 Å². The molecule has 0 amide bonds. The van der Waals surface area contributed by atoms with Gasteiger partial charge in [0, 0.05) is 6.61 Å². The number of carbonyl (C=O) groups is 2. The van der Waals surface area contributed by atoms with Crippen molar-refractivity contribution in [2.45, 2.75) is 32.8 Å². The number of hydrogen-bond acceptors (Lipinski definition) is 3. The summed E-state index contributed by atoms with van der Waals surface area (Å²) in [7, 11) is 0. The molecule has 0 saturated carbocycles. The molecule has 12 heavy (non-hydrogen) atoms. The topological polar surface area (TPSA) is 63.6 Å². The molecule has 0 aromatic heterocycles. The van der Waals surface area contributed by atoms with E-state index in [1.807, 2.05) is 0 Å². The quantitative estimate of drug-likeness (QED) is 0.627. The second-order valence-corrected chi connectivity index (χ2v) is 2.47. The van der Waals surface area contributed by atoms with Gasteiger partial charge in [-0.2, -0.15) is 0 Å². The van der Waals surface area contributed by atoms with E-state index in [0.29, 0.717) is 0 Å². The summed E-state index contributed by atoms with van der Waals surface area (Å²) in [5.74, 6) is -1.67. The van der Waals surface area contributed by atoms with Crippen LogP contribution in [0.25, 0.3) is 0 Å². The number of Topliss-reactive ketones (excluding diaryl/α,β-unsaturated/α-hetero) is 1. The number of rotatable bonds is 5. The van der Waals surface area contributed by atoms with Gasteiger partial charge in [0.15, 0.2) is 5.78 Å². The monoisotopic (exact) mass is 174 g/mol. The lowest BCUT2D eigenvalue weighted by Gasteiger charge is -2.24. The normalized spacial score (nSPS) is 15.2. The third-order valence-electron chi connectivity index (χ3n) is 1.80. The van der Waals surface area contributed by atoms with Gasteiger partial charge in [-0.15, -0.1) is 0 Å². The number of ether oxygens (including phenoxy) is 1. The highest BCUT2D eigenvalue weighted by Gasteiger charge is 2.42. The molecule has 1 N–H and O–H groups in total. The molecule has 4 nitrogen and oxygen atoms in total. The molecule has 1 unspecified atom stereocenters. The minimum atomic E-state index is -1.63. The molecule has 0 aliphatic carbocycles. The van der Waals surface area contributed by atoms with Gasteiger partial charge in [0.25, 0.3) is 0 Å². The summed E-state index contributed by atoms with van der Waals surface area (Å²) in [6, 6.07) is 0. The van der Waals surface area contributed by atoms with Gasteiger partial charge in [0.1, 0.15) is 0 Å². The molecule has 0 bridgehead atoms. The zero-order chi connectivity index (χ0) is 9.78. The van der Waals surface area contributed by atoms with Crippen LogP contribution in [0.2, 0.25) is 0 Å². The average Bonchev–Trinajstić information content (AvgIpc) is 1.98. The molecule has 0 radical (unpaired) electrons. The van der Waals surface area contributed by atoms with E-state index in [1.54, 1.807) is 13.8 Å². The van der Waals surface area contributed by atoms with Crippen LogP contribution >= 0.6 is 0 Å². The third-order valence-corrected chi connectivity index (χ3v) is 1.80. The summed E-state index contributed by atoms with van der Waals surface area (Å²) in [6.45, 7) is 4.73. The van der Waals surface area contributed by atoms with E-state index in [4.69, 9.17) is 9.84 Å². The van der Waals surface area contributed by atoms with Crippen molar-refractivity contribution >= 4 is 11.8 Å². The smallest absolute Gasteiger partial charge is 0.343 e. The molecule has 1 atom stereocenters. The van der Waals surface area contributed by atoms with Gasteiger partial charge < -0.3 is 9.84 Å². The Balaban J connectivity index is 4.76. The van der Waals surface area contributed by atoms with Crippen molar-refractivity contribution in [1.82, 2.24) is 0 Å². The number of hydrogen-bond donors (Lipinski definition) is 1. The highest BCUT2D eigenvalue weighted by Crippen LogP contribution is 2.17. The second kappa shape index (κ2) is 4.21. The maximum absolute atomic E-state index is 11.0. The van der Waals surface area contributed by atoms with E-state index < -0.39 is 17.4 Å². The molecule has 0 heterocycles. The van der Waals surface area contributed by atoms with Crippen LogP contribution in [-0.4, -0.2) is 29.1 Å². The summed E-state index contributed by atoms with van der Waals surface area (Å²) in [5.41, 5.74) is -1.63. The van der Waals surface area contributed by atoms with Crippen molar-refractivity contribution in [3.63, 3.8) is 0 Å². The molecule has 0 rings (SSSR count). The standard InChI is InChI=1S/C8H14O4/c1-4-8(6(3)9,7(10)11)12-5-2/h4-5H2,1-3H3,(H,10,11). The summed E-state index contributed by atoms with van der Waals surface area (Å²) in [5, 5.41) is 8.78.